The SMILES string of the molecule is CCC(Oc1cc([N+](=O)[O-])ccc1Br)C(=O)O. The van der Waals surface area contributed by atoms with Crippen molar-refractivity contribution in [3.8, 4) is 5.75 Å². The number of carbonyl (C=O) groups is 1. The fourth-order valence-corrected chi connectivity index (χ4v) is 1.50. The minimum atomic E-state index is -1.11. The number of nitro benzene ring substituents is 1. The second kappa shape index (κ2) is 5.62. The molecule has 0 aliphatic rings. The first-order chi connectivity index (χ1) is 7.95. The van der Waals surface area contributed by atoms with E-state index in [9.17, 15) is 14.9 Å². The van der Waals surface area contributed by atoms with E-state index >= 15 is 0 Å². The number of hydrogen-bond donors (Lipinski definition) is 1. The van der Waals surface area contributed by atoms with Crippen LogP contribution in [0.4, 0.5) is 5.69 Å². The van der Waals surface area contributed by atoms with Crippen LogP contribution in [0.3, 0.4) is 0 Å². The summed E-state index contributed by atoms with van der Waals surface area (Å²) in [6, 6.07) is 3.94. The molecule has 0 bridgehead atoms. The molecule has 1 aromatic rings. The largest absolute Gasteiger partial charge is 0.479 e. The number of rotatable bonds is 5. The molecule has 1 atom stereocenters. The van der Waals surface area contributed by atoms with Crippen LogP contribution in [0.15, 0.2) is 22.7 Å². The summed E-state index contributed by atoms with van der Waals surface area (Å²) in [7, 11) is 0. The van der Waals surface area contributed by atoms with Crippen LogP contribution in [0, 0.1) is 10.1 Å². The topological polar surface area (TPSA) is 89.7 Å². The molecule has 92 valence electrons. The normalized spacial score (nSPS) is 11.9. The van der Waals surface area contributed by atoms with Gasteiger partial charge in [0.05, 0.1) is 15.5 Å². The van der Waals surface area contributed by atoms with Crippen molar-refractivity contribution in [2.45, 2.75) is 19.4 Å². The molecule has 7 heteroatoms. The maximum Gasteiger partial charge on any atom is 0.344 e. The Labute approximate surface area is 105 Å². The average Bonchev–Trinajstić information content (AvgIpc) is 2.27. The van der Waals surface area contributed by atoms with E-state index in [0.29, 0.717) is 4.47 Å². The van der Waals surface area contributed by atoms with Gasteiger partial charge in [-0.15, -0.1) is 0 Å². The quantitative estimate of drug-likeness (QED) is 0.667. The molecule has 0 saturated carbocycles. The van der Waals surface area contributed by atoms with Gasteiger partial charge in [0.1, 0.15) is 5.75 Å². The molecular weight excluding hydrogens is 294 g/mol. The van der Waals surface area contributed by atoms with Gasteiger partial charge >= 0.3 is 5.97 Å². The van der Waals surface area contributed by atoms with Crippen LogP contribution in [0.25, 0.3) is 0 Å². The number of non-ortho nitro benzene ring substituents is 1. The minimum absolute atomic E-state index is 0.147. The molecule has 1 aromatic carbocycles. The van der Waals surface area contributed by atoms with Crippen LogP contribution in [0.5, 0.6) is 5.75 Å². The maximum absolute atomic E-state index is 10.8. The smallest absolute Gasteiger partial charge is 0.344 e. The van der Waals surface area contributed by atoms with Gasteiger partial charge in [-0.25, -0.2) is 4.79 Å². The zero-order valence-corrected chi connectivity index (χ0v) is 10.5. The highest BCUT2D eigenvalue weighted by molar-refractivity contribution is 9.10. The van der Waals surface area contributed by atoms with Gasteiger partial charge in [-0.2, -0.15) is 0 Å². The lowest BCUT2D eigenvalue weighted by molar-refractivity contribution is -0.385. The van der Waals surface area contributed by atoms with Crippen molar-refractivity contribution >= 4 is 27.6 Å². The first-order valence-electron chi connectivity index (χ1n) is 4.79. The molecular formula is C10H10BrNO5. The van der Waals surface area contributed by atoms with E-state index in [4.69, 9.17) is 9.84 Å². The fraction of sp³-hybridized carbons (Fsp3) is 0.300. The Balaban J connectivity index is 3.00. The molecule has 0 heterocycles. The predicted octanol–water partition coefficient (Wildman–Crippen LogP) is 2.60. The molecule has 1 rings (SSSR count). The van der Waals surface area contributed by atoms with Gasteiger partial charge in [-0.05, 0) is 28.4 Å². The summed E-state index contributed by atoms with van der Waals surface area (Å²) >= 11 is 3.15. The van der Waals surface area contributed by atoms with Crippen molar-refractivity contribution < 1.29 is 19.6 Å². The average molecular weight is 304 g/mol. The molecule has 0 aliphatic carbocycles. The van der Waals surface area contributed by atoms with Gasteiger partial charge in [0, 0.05) is 6.07 Å². The number of ether oxygens (including phenoxy) is 1. The molecule has 0 amide bonds. The second-order valence-electron chi connectivity index (χ2n) is 3.22. The van der Waals surface area contributed by atoms with Gasteiger partial charge in [0.15, 0.2) is 6.10 Å². The number of hydrogen-bond acceptors (Lipinski definition) is 4. The molecule has 1 unspecified atom stereocenters. The number of halogens is 1. The molecule has 17 heavy (non-hydrogen) atoms. The number of benzene rings is 1. The van der Waals surface area contributed by atoms with E-state index in [1.54, 1.807) is 6.92 Å². The summed E-state index contributed by atoms with van der Waals surface area (Å²) < 4.78 is 5.67. The molecule has 0 aromatic heterocycles. The Bertz CT molecular complexity index is 448. The number of nitro groups is 1. The zero-order valence-electron chi connectivity index (χ0n) is 8.92. The highest BCUT2D eigenvalue weighted by atomic mass is 79.9. The number of carboxylic acids is 1. The third-order valence-electron chi connectivity index (χ3n) is 2.04. The van der Waals surface area contributed by atoms with Crippen molar-refractivity contribution in [2.24, 2.45) is 0 Å². The Morgan fingerprint density at radius 1 is 1.65 bits per heavy atom. The van der Waals surface area contributed by atoms with Crippen LogP contribution < -0.4 is 4.74 Å². The van der Waals surface area contributed by atoms with Gasteiger partial charge in [0.25, 0.3) is 5.69 Å². The Kier molecular flexibility index (Phi) is 4.45. The second-order valence-corrected chi connectivity index (χ2v) is 4.08. The third kappa shape index (κ3) is 3.42. The standard InChI is InChI=1S/C10H10BrNO5/c1-2-8(10(13)14)17-9-5-6(12(15)16)3-4-7(9)11/h3-5,8H,2H2,1H3,(H,13,14). The lowest BCUT2D eigenvalue weighted by atomic mass is 10.2. The zero-order chi connectivity index (χ0) is 13.0. The lowest BCUT2D eigenvalue weighted by Crippen LogP contribution is -2.26. The minimum Gasteiger partial charge on any atom is -0.479 e. The predicted molar refractivity (Wildman–Crippen MR) is 63.1 cm³/mol. The van der Waals surface area contributed by atoms with Crippen LogP contribution >= 0.6 is 15.9 Å². The Morgan fingerprint density at radius 3 is 2.76 bits per heavy atom. The summed E-state index contributed by atoms with van der Waals surface area (Å²) in [5.74, 6) is -0.959. The van der Waals surface area contributed by atoms with Crippen LogP contribution in [0.2, 0.25) is 0 Å². The summed E-state index contributed by atoms with van der Waals surface area (Å²) in [5.41, 5.74) is -0.150. The van der Waals surface area contributed by atoms with Crippen LogP contribution in [-0.4, -0.2) is 22.1 Å². The molecule has 0 saturated heterocycles. The first-order valence-corrected chi connectivity index (χ1v) is 5.58. The molecule has 0 spiro atoms. The van der Waals surface area contributed by atoms with Crippen molar-refractivity contribution in [3.63, 3.8) is 0 Å². The lowest BCUT2D eigenvalue weighted by Gasteiger charge is -2.13. The molecule has 0 radical (unpaired) electrons. The van der Waals surface area contributed by atoms with E-state index in [-0.39, 0.29) is 17.9 Å². The van der Waals surface area contributed by atoms with E-state index in [2.05, 4.69) is 15.9 Å². The van der Waals surface area contributed by atoms with Gasteiger partial charge in [-0.3, -0.25) is 10.1 Å². The number of nitrogens with zero attached hydrogens (tertiary/aromatic N) is 1. The highest BCUT2D eigenvalue weighted by Crippen LogP contribution is 2.30. The highest BCUT2D eigenvalue weighted by Gasteiger charge is 2.19. The molecule has 1 N–H and O–H groups in total. The third-order valence-corrected chi connectivity index (χ3v) is 2.70. The van der Waals surface area contributed by atoms with Gasteiger partial charge in [-0.1, -0.05) is 6.92 Å². The van der Waals surface area contributed by atoms with Crippen molar-refractivity contribution in [1.29, 1.82) is 0 Å². The summed E-state index contributed by atoms with van der Waals surface area (Å²) in [4.78, 5) is 20.8. The van der Waals surface area contributed by atoms with E-state index in [1.165, 1.54) is 18.2 Å². The number of carboxylic acid groups (broad SMARTS) is 1. The molecule has 0 fully saturated rings. The monoisotopic (exact) mass is 303 g/mol. The van der Waals surface area contributed by atoms with Crippen molar-refractivity contribution in [2.75, 3.05) is 0 Å². The summed E-state index contributed by atoms with van der Waals surface area (Å²) in [6.45, 7) is 1.66. The summed E-state index contributed by atoms with van der Waals surface area (Å²) in [5, 5.41) is 19.4. The molecule has 6 nitrogen and oxygen atoms in total. The van der Waals surface area contributed by atoms with Gasteiger partial charge < -0.3 is 9.84 Å². The number of aliphatic carboxylic acids is 1. The van der Waals surface area contributed by atoms with Gasteiger partial charge in [0.2, 0.25) is 0 Å². The van der Waals surface area contributed by atoms with Crippen molar-refractivity contribution in [3.05, 3.63) is 32.8 Å². The Morgan fingerprint density at radius 2 is 2.29 bits per heavy atom. The van der Waals surface area contributed by atoms with E-state index in [0.717, 1.165) is 0 Å². The molecule has 0 aliphatic heterocycles. The van der Waals surface area contributed by atoms with Crippen molar-refractivity contribution in [1.82, 2.24) is 0 Å². The van der Waals surface area contributed by atoms with E-state index in [1.807, 2.05) is 0 Å². The first kappa shape index (κ1) is 13.4. The Hall–Kier alpha value is -1.63. The van der Waals surface area contributed by atoms with Crippen LogP contribution in [-0.2, 0) is 4.79 Å². The maximum atomic E-state index is 10.8. The van der Waals surface area contributed by atoms with Crippen LogP contribution in [0.1, 0.15) is 13.3 Å². The summed E-state index contributed by atoms with van der Waals surface area (Å²) in [6.07, 6.45) is -0.752. The van der Waals surface area contributed by atoms with E-state index < -0.39 is 17.0 Å². The fourth-order valence-electron chi connectivity index (χ4n) is 1.16.